The zero-order chi connectivity index (χ0) is 13.8. The van der Waals surface area contributed by atoms with Crippen LogP contribution in [0, 0.1) is 11.8 Å². The Balaban J connectivity index is 1.63. The monoisotopic (exact) mass is 273 g/mol. The van der Waals surface area contributed by atoms with E-state index < -0.39 is 0 Å². The van der Waals surface area contributed by atoms with Crippen molar-refractivity contribution >= 4 is 5.69 Å². The second-order valence-corrected chi connectivity index (χ2v) is 6.55. The largest absolute Gasteiger partial charge is 0.382 e. The molecule has 20 heavy (non-hydrogen) atoms. The highest BCUT2D eigenvalue weighted by Gasteiger charge is 2.32. The molecule has 0 radical (unpaired) electrons. The van der Waals surface area contributed by atoms with Crippen LogP contribution in [0.25, 0.3) is 0 Å². The molecule has 1 N–H and O–H groups in total. The van der Waals surface area contributed by atoms with E-state index in [1.54, 1.807) is 7.11 Å². The van der Waals surface area contributed by atoms with Crippen molar-refractivity contribution < 1.29 is 4.74 Å². The molecule has 0 heterocycles. The van der Waals surface area contributed by atoms with Crippen LogP contribution in [-0.4, -0.2) is 13.2 Å². The Labute approximate surface area is 122 Å². The fourth-order valence-electron chi connectivity index (χ4n) is 4.17. The molecule has 1 aromatic carbocycles. The van der Waals surface area contributed by atoms with E-state index in [4.69, 9.17) is 4.74 Å². The molecule has 0 bridgehead atoms. The summed E-state index contributed by atoms with van der Waals surface area (Å²) in [6.45, 7) is 0.696. The van der Waals surface area contributed by atoms with E-state index in [0.29, 0.717) is 12.6 Å². The van der Waals surface area contributed by atoms with Gasteiger partial charge in [-0.25, -0.2) is 0 Å². The summed E-state index contributed by atoms with van der Waals surface area (Å²) in [6.07, 6.45) is 9.99. The summed E-state index contributed by atoms with van der Waals surface area (Å²) in [4.78, 5) is 0. The molecule has 2 heteroatoms. The summed E-state index contributed by atoms with van der Waals surface area (Å²) in [7, 11) is 1.77. The highest BCUT2D eigenvalue weighted by Crippen LogP contribution is 2.41. The fourth-order valence-corrected chi connectivity index (χ4v) is 4.17. The maximum absolute atomic E-state index is 5.30. The van der Waals surface area contributed by atoms with E-state index in [2.05, 4.69) is 29.6 Å². The number of hydrogen-bond donors (Lipinski definition) is 1. The molecule has 3 atom stereocenters. The molecule has 2 nitrogen and oxygen atoms in total. The number of methoxy groups -OCH3 is 1. The van der Waals surface area contributed by atoms with E-state index in [9.17, 15) is 0 Å². The van der Waals surface area contributed by atoms with Crippen LogP contribution in [0.2, 0.25) is 0 Å². The van der Waals surface area contributed by atoms with Gasteiger partial charge >= 0.3 is 0 Å². The van der Waals surface area contributed by atoms with Crippen molar-refractivity contribution in [2.75, 3.05) is 12.4 Å². The number of hydrogen-bond acceptors (Lipinski definition) is 2. The van der Waals surface area contributed by atoms with Crippen molar-refractivity contribution in [3.63, 3.8) is 0 Å². The third kappa shape index (κ3) is 3.17. The fraction of sp³-hybridized carbons (Fsp3) is 0.667. The molecule has 2 fully saturated rings. The maximum atomic E-state index is 5.30. The molecule has 3 rings (SSSR count). The smallest absolute Gasteiger partial charge is 0.0733 e. The van der Waals surface area contributed by atoms with Gasteiger partial charge in [-0.15, -0.1) is 0 Å². The topological polar surface area (TPSA) is 21.3 Å². The van der Waals surface area contributed by atoms with Crippen LogP contribution >= 0.6 is 0 Å². The predicted molar refractivity (Wildman–Crippen MR) is 83.9 cm³/mol. The highest BCUT2D eigenvalue weighted by molar-refractivity contribution is 5.51. The Morgan fingerprint density at radius 2 is 1.85 bits per heavy atom. The van der Waals surface area contributed by atoms with Crippen molar-refractivity contribution in [2.24, 2.45) is 11.8 Å². The first-order valence-electron chi connectivity index (χ1n) is 8.20. The van der Waals surface area contributed by atoms with Crippen LogP contribution in [0.15, 0.2) is 24.3 Å². The second-order valence-electron chi connectivity index (χ2n) is 6.55. The SMILES string of the molecule is COCc1ccccc1NC1CCC2CCCCC2C1. The number of rotatable bonds is 4. The molecule has 2 aliphatic carbocycles. The lowest BCUT2D eigenvalue weighted by Gasteiger charge is -2.40. The number of anilines is 1. The van der Waals surface area contributed by atoms with Crippen molar-refractivity contribution in [1.82, 2.24) is 0 Å². The minimum absolute atomic E-state index is 0.660. The molecule has 1 aromatic rings. The van der Waals surface area contributed by atoms with Gasteiger partial charge in [-0.1, -0.05) is 43.9 Å². The summed E-state index contributed by atoms with van der Waals surface area (Å²) in [5.41, 5.74) is 2.55. The van der Waals surface area contributed by atoms with Gasteiger partial charge in [0.1, 0.15) is 0 Å². The van der Waals surface area contributed by atoms with Gasteiger partial charge in [-0.05, 0) is 37.2 Å². The third-order valence-corrected chi connectivity index (χ3v) is 5.22. The van der Waals surface area contributed by atoms with Crippen LogP contribution in [0.4, 0.5) is 5.69 Å². The highest BCUT2D eigenvalue weighted by atomic mass is 16.5. The zero-order valence-electron chi connectivity index (χ0n) is 12.6. The summed E-state index contributed by atoms with van der Waals surface area (Å²) < 4.78 is 5.30. The van der Waals surface area contributed by atoms with Gasteiger partial charge in [0.25, 0.3) is 0 Å². The molecule has 2 saturated carbocycles. The van der Waals surface area contributed by atoms with Crippen LogP contribution < -0.4 is 5.32 Å². The van der Waals surface area contributed by atoms with Gasteiger partial charge in [-0.2, -0.15) is 0 Å². The Morgan fingerprint density at radius 3 is 2.70 bits per heavy atom. The first-order valence-corrected chi connectivity index (χ1v) is 8.20. The lowest BCUT2D eigenvalue weighted by molar-refractivity contribution is 0.162. The van der Waals surface area contributed by atoms with Gasteiger partial charge in [0.15, 0.2) is 0 Å². The van der Waals surface area contributed by atoms with Crippen molar-refractivity contribution in [2.45, 2.75) is 57.6 Å². The minimum Gasteiger partial charge on any atom is -0.382 e. The quantitative estimate of drug-likeness (QED) is 0.865. The maximum Gasteiger partial charge on any atom is 0.0733 e. The van der Waals surface area contributed by atoms with Crippen LogP contribution in [-0.2, 0) is 11.3 Å². The minimum atomic E-state index is 0.660. The van der Waals surface area contributed by atoms with Crippen LogP contribution in [0.5, 0.6) is 0 Å². The van der Waals surface area contributed by atoms with Gasteiger partial charge in [0, 0.05) is 24.4 Å². The lowest BCUT2D eigenvalue weighted by atomic mass is 9.69. The molecule has 110 valence electrons. The summed E-state index contributed by atoms with van der Waals surface area (Å²) in [5, 5.41) is 3.79. The molecule has 0 spiro atoms. The molecule has 0 aliphatic heterocycles. The summed E-state index contributed by atoms with van der Waals surface area (Å²) in [5.74, 6) is 2.00. The molecule has 3 unspecified atom stereocenters. The molecular formula is C18H27NO. The van der Waals surface area contributed by atoms with E-state index in [1.807, 2.05) is 0 Å². The number of benzene rings is 1. The first kappa shape index (κ1) is 13.9. The summed E-state index contributed by atoms with van der Waals surface area (Å²) >= 11 is 0. The number of ether oxygens (including phenoxy) is 1. The van der Waals surface area contributed by atoms with E-state index in [-0.39, 0.29) is 0 Å². The Hall–Kier alpha value is -1.02. The Bertz CT molecular complexity index is 431. The average Bonchev–Trinajstić information content (AvgIpc) is 2.49. The molecule has 0 aromatic heterocycles. The van der Waals surface area contributed by atoms with Gasteiger partial charge in [0.05, 0.1) is 6.61 Å². The molecule has 0 saturated heterocycles. The predicted octanol–water partition coefficient (Wildman–Crippen LogP) is 4.60. The number of nitrogens with one attached hydrogen (secondary N) is 1. The van der Waals surface area contributed by atoms with E-state index >= 15 is 0 Å². The lowest BCUT2D eigenvalue weighted by Crippen LogP contribution is -2.34. The Kier molecular flexibility index (Phi) is 4.62. The third-order valence-electron chi connectivity index (χ3n) is 5.22. The van der Waals surface area contributed by atoms with Gasteiger partial charge in [-0.3, -0.25) is 0 Å². The van der Waals surface area contributed by atoms with Crippen molar-refractivity contribution in [3.8, 4) is 0 Å². The van der Waals surface area contributed by atoms with Crippen molar-refractivity contribution in [3.05, 3.63) is 29.8 Å². The normalized spacial score (nSPS) is 29.8. The van der Waals surface area contributed by atoms with Crippen molar-refractivity contribution in [1.29, 1.82) is 0 Å². The standard InChI is InChI=1S/C18H27NO/c1-20-13-16-8-4-5-9-18(16)19-17-11-10-14-6-2-3-7-15(14)12-17/h4-5,8-9,14-15,17,19H,2-3,6-7,10-13H2,1H3. The Morgan fingerprint density at radius 1 is 1.05 bits per heavy atom. The number of fused-ring (bicyclic) bond motifs is 1. The first-order chi connectivity index (χ1) is 9.86. The summed E-state index contributed by atoms with van der Waals surface area (Å²) in [6, 6.07) is 9.23. The zero-order valence-corrected chi connectivity index (χ0v) is 12.6. The second kappa shape index (κ2) is 6.62. The van der Waals surface area contributed by atoms with Crippen LogP contribution in [0.1, 0.15) is 50.5 Å². The van der Waals surface area contributed by atoms with Gasteiger partial charge in [0.2, 0.25) is 0 Å². The van der Waals surface area contributed by atoms with E-state index in [1.165, 1.54) is 56.2 Å². The van der Waals surface area contributed by atoms with Gasteiger partial charge < -0.3 is 10.1 Å². The molecular weight excluding hydrogens is 246 g/mol. The molecule has 2 aliphatic rings. The average molecular weight is 273 g/mol. The van der Waals surface area contributed by atoms with Crippen LogP contribution in [0.3, 0.4) is 0 Å². The number of para-hydroxylation sites is 1. The van der Waals surface area contributed by atoms with E-state index in [0.717, 1.165) is 11.8 Å². The molecule has 0 amide bonds.